The first-order valence-electron chi connectivity index (χ1n) is 10.4. The van der Waals surface area contributed by atoms with E-state index < -0.39 is 5.91 Å². The number of hydrogen-bond donors (Lipinski definition) is 1. The van der Waals surface area contributed by atoms with Crippen LogP contribution in [-0.2, 0) is 14.4 Å². The van der Waals surface area contributed by atoms with Gasteiger partial charge in [0.25, 0.3) is 0 Å². The number of allylic oxidation sites excluding steroid dienone is 2. The number of carbonyl (C=O) groups is 3. The van der Waals surface area contributed by atoms with Crippen LogP contribution in [0.2, 0.25) is 0 Å². The van der Waals surface area contributed by atoms with Gasteiger partial charge in [0, 0.05) is 11.8 Å². The minimum absolute atomic E-state index is 0.258. The number of likely N-dealkylation sites (tertiary alicyclic amines) is 1. The molecule has 1 N–H and O–H groups in total. The molecular formula is C24H22N4O3. The maximum absolute atomic E-state index is 13.0. The molecule has 1 aromatic carbocycles. The van der Waals surface area contributed by atoms with Gasteiger partial charge in [-0.1, -0.05) is 48.6 Å². The number of fused-ring (bicyclic) bond motifs is 2. The van der Waals surface area contributed by atoms with E-state index in [1.807, 2.05) is 72.1 Å². The van der Waals surface area contributed by atoms with Crippen LogP contribution in [0.5, 0.6) is 0 Å². The van der Waals surface area contributed by atoms with Gasteiger partial charge in [-0.25, -0.2) is 4.98 Å². The molecule has 0 bridgehead atoms. The smallest absolute Gasteiger partial charge is 0.245 e. The van der Waals surface area contributed by atoms with Crippen molar-refractivity contribution in [1.29, 1.82) is 0 Å². The molecule has 0 saturated carbocycles. The summed E-state index contributed by atoms with van der Waals surface area (Å²) in [5, 5.41) is 2.91. The van der Waals surface area contributed by atoms with Crippen molar-refractivity contribution < 1.29 is 14.4 Å². The molecule has 3 aromatic rings. The summed E-state index contributed by atoms with van der Waals surface area (Å²) in [7, 11) is 0. The van der Waals surface area contributed by atoms with Crippen molar-refractivity contribution in [2.75, 3.05) is 11.9 Å². The second kappa shape index (κ2) is 7.50. The minimum atomic E-state index is -0.422. The first-order valence-corrected chi connectivity index (χ1v) is 10.4. The third-order valence-corrected chi connectivity index (χ3v) is 6.05. The molecule has 0 unspecified atom stereocenters. The van der Waals surface area contributed by atoms with E-state index in [-0.39, 0.29) is 30.2 Å². The first-order chi connectivity index (χ1) is 15.0. The largest absolute Gasteiger partial charge is 0.308 e. The van der Waals surface area contributed by atoms with Gasteiger partial charge >= 0.3 is 0 Å². The van der Waals surface area contributed by atoms with Gasteiger partial charge in [-0.15, -0.1) is 0 Å². The van der Waals surface area contributed by atoms with E-state index in [4.69, 9.17) is 4.98 Å². The van der Waals surface area contributed by atoms with Crippen molar-refractivity contribution in [3.63, 3.8) is 0 Å². The molecule has 2 atom stereocenters. The lowest BCUT2D eigenvalue weighted by molar-refractivity contribution is -0.142. The second-order valence-electron chi connectivity index (χ2n) is 8.03. The van der Waals surface area contributed by atoms with Crippen LogP contribution < -0.4 is 5.32 Å². The van der Waals surface area contributed by atoms with Gasteiger partial charge in [0.1, 0.15) is 23.7 Å². The fraction of sp³-hybridized carbons (Fsp3) is 0.250. The Hall–Kier alpha value is -3.74. The van der Waals surface area contributed by atoms with E-state index in [2.05, 4.69) is 5.32 Å². The average molecular weight is 414 g/mol. The van der Waals surface area contributed by atoms with Crippen molar-refractivity contribution in [2.45, 2.75) is 19.8 Å². The number of imidazole rings is 1. The Labute approximate surface area is 179 Å². The quantitative estimate of drug-likeness (QED) is 0.525. The number of anilines is 1. The molecule has 31 heavy (non-hydrogen) atoms. The summed E-state index contributed by atoms with van der Waals surface area (Å²) in [5.41, 5.74) is 3.22. The molecule has 7 heteroatoms. The third-order valence-electron chi connectivity index (χ3n) is 6.05. The summed E-state index contributed by atoms with van der Waals surface area (Å²) in [6.07, 6.45) is 6.81. The Bertz CT molecular complexity index is 1200. The molecule has 1 aliphatic carbocycles. The maximum atomic E-state index is 13.0. The van der Waals surface area contributed by atoms with Crippen molar-refractivity contribution >= 4 is 29.2 Å². The predicted molar refractivity (Wildman–Crippen MR) is 116 cm³/mol. The van der Waals surface area contributed by atoms with Crippen LogP contribution in [0, 0.1) is 18.8 Å². The standard InChI is InChI=1S/C24H22N4O3/c1-15-8-7-13-27-21(15)26-20(16-9-3-2-4-10-16)22(27)25-19(29)14-28-23(30)17-11-5-6-12-18(17)24(28)31/h2-10,13,17-18H,11-12,14H2,1H3,(H,25,29)/t17-,18-/m1/s1. The predicted octanol–water partition coefficient (Wildman–Crippen LogP) is 3.20. The number of nitrogens with zero attached hydrogens (tertiary/aromatic N) is 3. The van der Waals surface area contributed by atoms with Crippen molar-refractivity contribution in [1.82, 2.24) is 14.3 Å². The third kappa shape index (κ3) is 3.22. The highest BCUT2D eigenvalue weighted by molar-refractivity contribution is 6.09. The molecular weight excluding hydrogens is 392 g/mol. The lowest BCUT2D eigenvalue weighted by Gasteiger charge is -2.15. The summed E-state index contributed by atoms with van der Waals surface area (Å²) in [6.45, 7) is 1.66. The number of aromatic nitrogens is 2. The number of aryl methyl sites for hydroxylation is 1. The van der Waals surface area contributed by atoms with Crippen molar-refractivity contribution in [3.05, 3.63) is 66.4 Å². The number of pyridine rings is 1. The molecule has 7 nitrogen and oxygen atoms in total. The highest BCUT2D eigenvalue weighted by Gasteiger charge is 2.47. The van der Waals surface area contributed by atoms with Crippen LogP contribution in [-0.4, -0.2) is 38.6 Å². The molecule has 5 rings (SSSR count). The van der Waals surface area contributed by atoms with Gasteiger partial charge in [0.15, 0.2) is 0 Å². The highest BCUT2D eigenvalue weighted by atomic mass is 16.2. The van der Waals surface area contributed by atoms with E-state index in [0.29, 0.717) is 24.4 Å². The normalized spacial score (nSPS) is 20.4. The Kier molecular flexibility index (Phi) is 4.66. The summed E-state index contributed by atoms with van der Waals surface area (Å²) < 4.78 is 1.83. The second-order valence-corrected chi connectivity index (χ2v) is 8.03. The number of amides is 3. The molecule has 3 heterocycles. The van der Waals surface area contributed by atoms with E-state index in [1.165, 1.54) is 0 Å². The van der Waals surface area contributed by atoms with E-state index in [1.54, 1.807) is 0 Å². The molecule has 2 aromatic heterocycles. The van der Waals surface area contributed by atoms with Gasteiger partial charge in [-0.3, -0.25) is 23.7 Å². The number of carbonyl (C=O) groups excluding carboxylic acids is 3. The van der Waals surface area contributed by atoms with Crippen molar-refractivity contribution in [2.24, 2.45) is 11.8 Å². The molecule has 3 amide bonds. The summed E-state index contributed by atoms with van der Waals surface area (Å²) in [5.74, 6) is -1.10. The molecule has 156 valence electrons. The zero-order valence-electron chi connectivity index (χ0n) is 17.1. The van der Waals surface area contributed by atoms with Crippen LogP contribution >= 0.6 is 0 Å². The molecule has 1 fully saturated rings. The summed E-state index contributed by atoms with van der Waals surface area (Å²) >= 11 is 0. The lowest BCUT2D eigenvalue weighted by atomic mass is 9.85. The molecule has 0 spiro atoms. The van der Waals surface area contributed by atoms with Crippen LogP contribution in [0.1, 0.15) is 18.4 Å². The molecule has 1 aliphatic heterocycles. The minimum Gasteiger partial charge on any atom is -0.308 e. The monoisotopic (exact) mass is 414 g/mol. The lowest BCUT2D eigenvalue weighted by Crippen LogP contribution is -2.38. The number of hydrogen-bond acceptors (Lipinski definition) is 4. The topological polar surface area (TPSA) is 83.8 Å². The van der Waals surface area contributed by atoms with Crippen LogP contribution in [0.3, 0.4) is 0 Å². The fourth-order valence-electron chi connectivity index (χ4n) is 4.46. The van der Waals surface area contributed by atoms with E-state index >= 15 is 0 Å². The Morgan fingerprint density at radius 2 is 1.71 bits per heavy atom. The van der Waals surface area contributed by atoms with Gasteiger partial charge in [-0.05, 0) is 31.4 Å². The van der Waals surface area contributed by atoms with Gasteiger partial charge in [-0.2, -0.15) is 0 Å². The SMILES string of the molecule is Cc1cccn2c(NC(=O)CN3C(=O)[C@@H]4CC=CC[C@H]4C3=O)c(-c3ccccc3)nc12. The summed E-state index contributed by atoms with van der Waals surface area (Å²) in [4.78, 5) is 44.2. The molecule has 0 radical (unpaired) electrons. The number of imide groups is 1. The Balaban J connectivity index is 1.45. The fourth-order valence-corrected chi connectivity index (χ4v) is 4.46. The van der Waals surface area contributed by atoms with Crippen LogP contribution in [0.4, 0.5) is 5.82 Å². The van der Waals surface area contributed by atoms with Gasteiger partial charge in [0.05, 0.1) is 11.8 Å². The maximum Gasteiger partial charge on any atom is 0.245 e. The van der Waals surface area contributed by atoms with Crippen molar-refractivity contribution in [3.8, 4) is 11.3 Å². The number of benzene rings is 1. The van der Waals surface area contributed by atoms with Gasteiger partial charge in [0.2, 0.25) is 17.7 Å². The van der Waals surface area contributed by atoms with E-state index in [0.717, 1.165) is 21.7 Å². The molecule has 2 aliphatic rings. The number of rotatable bonds is 4. The highest BCUT2D eigenvalue weighted by Crippen LogP contribution is 2.35. The zero-order valence-corrected chi connectivity index (χ0v) is 17.1. The van der Waals surface area contributed by atoms with Crippen LogP contribution in [0.25, 0.3) is 16.9 Å². The van der Waals surface area contributed by atoms with Crippen LogP contribution in [0.15, 0.2) is 60.8 Å². The summed E-state index contributed by atoms with van der Waals surface area (Å²) in [6, 6.07) is 13.4. The first kappa shape index (κ1) is 19.2. The number of nitrogens with one attached hydrogen (secondary N) is 1. The molecule has 1 saturated heterocycles. The Morgan fingerprint density at radius 1 is 1.03 bits per heavy atom. The average Bonchev–Trinajstić information content (AvgIpc) is 3.27. The Morgan fingerprint density at radius 3 is 2.39 bits per heavy atom. The van der Waals surface area contributed by atoms with Gasteiger partial charge < -0.3 is 5.32 Å². The van der Waals surface area contributed by atoms with E-state index in [9.17, 15) is 14.4 Å². The zero-order chi connectivity index (χ0) is 21.5.